The van der Waals surface area contributed by atoms with Crippen LogP contribution >= 0.6 is 22.9 Å². The van der Waals surface area contributed by atoms with Gasteiger partial charge < -0.3 is 10.0 Å². The van der Waals surface area contributed by atoms with Crippen LogP contribution in [0.25, 0.3) is 0 Å². The number of hydrogen-bond acceptors (Lipinski definition) is 7. The number of amides is 1. The lowest BCUT2D eigenvalue weighted by atomic mass is 10.2. The predicted octanol–water partition coefficient (Wildman–Crippen LogP) is 2.40. The van der Waals surface area contributed by atoms with Gasteiger partial charge in [-0.15, -0.1) is 0 Å². The van der Waals surface area contributed by atoms with E-state index in [1.54, 1.807) is 0 Å². The van der Waals surface area contributed by atoms with E-state index < -0.39 is 16.8 Å². The number of carboxylic acid groups (broad SMARTS) is 1. The molecule has 2 heterocycles. The van der Waals surface area contributed by atoms with Crippen LogP contribution < -0.4 is 4.90 Å². The van der Waals surface area contributed by atoms with Gasteiger partial charge in [0.15, 0.2) is 0 Å². The van der Waals surface area contributed by atoms with E-state index in [0.29, 0.717) is 5.69 Å². The molecule has 0 saturated heterocycles. The number of carboxylic acids is 1. The summed E-state index contributed by atoms with van der Waals surface area (Å²) in [6.45, 7) is 1.54. The molecule has 10 heteroatoms. The van der Waals surface area contributed by atoms with Crippen LogP contribution in [0.5, 0.6) is 0 Å². The number of hydrogen-bond donors (Lipinski definition) is 1. The lowest BCUT2D eigenvalue weighted by molar-refractivity contribution is -0.380. The van der Waals surface area contributed by atoms with Crippen LogP contribution in [-0.4, -0.2) is 33.3 Å². The molecule has 0 bridgehead atoms. The minimum absolute atomic E-state index is 0.0411. The number of aryl methyl sites for hydroxylation is 1. The number of nitrogens with zero attached hydrogens (tertiary/aromatic N) is 3. The fraction of sp³-hybridized carbons (Fsp3) is 0.182. The number of aromatic carboxylic acids is 1. The van der Waals surface area contributed by atoms with Crippen molar-refractivity contribution in [3.05, 3.63) is 38.4 Å². The van der Waals surface area contributed by atoms with Crippen molar-refractivity contribution in [3.63, 3.8) is 0 Å². The Balaban J connectivity index is 2.35. The highest BCUT2D eigenvalue weighted by Gasteiger charge is 2.26. The molecule has 2 rings (SSSR count). The van der Waals surface area contributed by atoms with E-state index in [4.69, 9.17) is 5.11 Å². The summed E-state index contributed by atoms with van der Waals surface area (Å²) in [5.74, 6) is -1.70. The standard InChI is InChI=1S/C11H9N3O5S2/c1-5-8(11(16)17)10(21-12-5)13(2)9(15)6-3-7(14(18)19)20-4-6/h3-4H,1-2H3,(H,16,17). The van der Waals surface area contributed by atoms with Crippen LogP contribution in [-0.2, 0) is 0 Å². The van der Waals surface area contributed by atoms with Crippen molar-refractivity contribution in [2.75, 3.05) is 11.9 Å². The summed E-state index contributed by atoms with van der Waals surface area (Å²) >= 11 is 1.73. The molecule has 21 heavy (non-hydrogen) atoms. The molecular weight excluding hydrogens is 318 g/mol. The molecule has 0 unspecified atom stereocenters. The maximum absolute atomic E-state index is 12.3. The molecule has 0 aliphatic carbocycles. The van der Waals surface area contributed by atoms with E-state index >= 15 is 0 Å². The quantitative estimate of drug-likeness (QED) is 0.681. The number of aromatic nitrogens is 1. The summed E-state index contributed by atoms with van der Waals surface area (Å²) in [6, 6.07) is 1.16. The van der Waals surface area contributed by atoms with Gasteiger partial charge in [-0.1, -0.05) is 11.3 Å². The van der Waals surface area contributed by atoms with E-state index in [2.05, 4.69) is 4.37 Å². The van der Waals surface area contributed by atoms with Crippen molar-refractivity contribution in [1.29, 1.82) is 0 Å². The number of anilines is 1. The zero-order chi connectivity index (χ0) is 15.7. The average molecular weight is 327 g/mol. The number of rotatable bonds is 4. The second-order valence-corrected chi connectivity index (χ2v) is 5.69. The summed E-state index contributed by atoms with van der Waals surface area (Å²) in [6.07, 6.45) is 0. The highest BCUT2D eigenvalue weighted by molar-refractivity contribution is 7.13. The Morgan fingerprint density at radius 1 is 1.48 bits per heavy atom. The van der Waals surface area contributed by atoms with E-state index in [0.717, 1.165) is 33.8 Å². The van der Waals surface area contributed by atoms with E-state index in [-0.39, 0.29) is 21.1 Å². The van der Waals surface area contributed by atoms with Crippen LogP contribution in [0.2, 0.25) is 0 Å². The molecule has 0 aromatic carbocycles. The first-order valence-electron chi connectivity index (χ1n) is 5.53. The van der Waals surface area contributed by atoms with Gasteiger partial charge in [0.1, 0.15) is 10.6 Å². The molecule has 1 N–H and O–H groups in total. The summed E-state index contributed by atoms with van der Waals surface area (Å²) in [5.41, 5.74) is 0.413. The van der Waals surface area contributed by atoms with E-state index in [1.807, 2.05) is 0 Å². The van der Waals surface area contributed by atoms with Crippen molar-refractivity contribution >= 4 is 44.7 Å². The largest absolute Gasteiger partial charge is 0.478 e. The molecule has 0 atom stereocenters. The van der Waals surface area contributed by atoms with Gasteiger partial charge in [-0.2, -0.15) is 4.37 Å². The van der Waals surface area contributed by atoms with Crippen molar-refractivity contribution in [2.45, 2.75) is 6.92 Å². The summed E-state index contributed by atoms with van der Waals surface area (Å²) in [4.78, 5) is 34.6. The Bertz CT molecular complexity index is 736. The molecule has 2 aromatic rings. The van der Waals surface area contributed by atoms with Gasteiger partial charge in [0, 0.05) is 18.5 Å². The van der Waals surface area contributed by atoms with Crippen molar-refractivity contribution < 1.29 is 19.6 Å². The normalized spacial score (nSPS) is 10.4. The molecule has 0 radical (unpaired) electrons. The molecule has 0 spiro atoms. The minimum Gasteiger partial charge on any atom is -0.478 e. The minimum atomic E-state index is -1.17. The van der Waals surface area contributed by atoms with Crippen LogP contribution in [0.15, 0.2) is 11.4 Å². The monoisotopic (exact) mass is 327 g/mol. The zero-order valence-corrected chi connectivity index (χ0v) is 12.5. The molecule has 8 nitrogen and oxygen atoms in total. The number of nitro groups is 1. The molecular formula is C11H9N3O5S2. The van der Waals surface area contributed by atoms with Crippen LogP contribution in [0, 0.1) is 17.0 Å². The van der Waals surface area contributed by atoms with Crippen LogP contribution in [0.1, 0.15) is 26.4 Å². The number of carbonyl (C=O) groups excluding carboxylic acids is 1. The van der Waals surface area contributed by atoms with Crippen molar-refractivity contribution in [3.8, 4) is 0 Å². The molecule has 110 valence electrons. The van der Waals surface area contributed by atoms with Gasteiger partial charge in [0.25, 0.3) is 5.91 Å². The Morgan fingerprint density at radius 2 is 2.14 bits per heavy atom. The van der Waals surface area contributed by atoms with Gasteiger partial charge in [-0.05, 0) is 18.5 Å². The first-order chi connectivity index (χ1) is 9.82. The molecule has 0 aliphatic heterocycles. The summed E-state index contributed by atoms with van der Waals surface area (Å²) < 4.78 is 3.93. The third kappa shape index (κ3) is 2.76. The fourth-order valence-corrected chi connectivity index (χ4v) is 3.20. The summed E-state index contributed by atoms with van der Waals surface area (Å²) in [7, 11) is 1.41. The highest BCUT2D eigenvalue weighted by atomic mass is 32.1. The Kier molecular flexibility index (Phi) is 4.00. The molecule has 1 amide bonds. The number of thiophene rings is 1. The molecule has 0 fully saturated rings. The third-order valence-electron chi connectivity index (χ3n) is 2.68. The van der Waals surface area contributed by atoms with Gasteiger partial charge in [-0.3, -0.25) is 14.9 Å². The highest BCUT2D eigenvalue weighted by Crippen LogP contribution is 2.30. The van der Waals surface area contributed by atoms with Crippen molar-refractivity contribution in [2.24, 2.45) is 0 Å². The van der Waals surface area contributed by atoms with E-state index in [1.165, 1.54) is 19.4 Å². The zero-order valence-electron chi connectivity index (χ0n) is 10.9. The van der Waals surface area contributed by atoms with Crippen LogP contribution in [0.4, 0.5) is 10.0 Å². The lowest BCUT2D eigenvalue weighted by Crippen LogP contribution is -2.26. The maximum Gasteiger partial charge on any atom is 0.340 e. The van der Waals surface area contributed by atoms with Gasteiger partial charge >= 0.3 is 11.0 Å². The number of carbonyl (C=O) groups is 2. The second-order valence-electron chi connectivity index (χ2n) is 4.05. The molecule has 2 aromatic heterocycles. The SMILES string of the molecule is Cc1nsc(N(C)C(=O)c2csc([N+](=O)[O-])c2)c1C(=O)O. The summed E-state index contributed by atoms with van der Waals surface area (Å²) in [5, 5.41) is 21.2. The third-order valence-corrected chi connectivity index (χ3v) is 4.58. The average Bonchev–Trinajstić information content (AvgIpc) is 3.03. The molecule has 0 aliphatic rings. The fourth-order valence-electron chi connectivity index (χ4n) is 1.65. The Hall–Kier alpha value is -2.33. The Morgan fingerprint density at radius 3 is 2.67 bits per heavy atom. The van der Waals surface area contributed by atoms with Gasteiger partial charge in [-0.25, -0.2) is 4.79 Å². The van der Waals surface area contributed by atoms with Gasteiger partial charge in [0.05, 0.1) is 16.2 Å². The van der Waals surface area contributed by atoms with Gasteiger partial charge in [0.2, 0.25) is 0 Å². The first-order valence-corrected chi connectivity index (χ1v) is 7.18. The van der Waals surface area contributed by atoms with Crippen LogP contribution in [0.3, 0.4) is 0 Å². The Labute approximate surface area is 126 Å². The molecule has 0 saturated carbocycles. The van der Waals surface area contributed by atoms with E-state index in [9.17, 15) is 19.7 Å². The topological polar surface area (TPSA) is 114 Å². The lowest BCUT2D eigenvalue weighted by Gasteiger charge is -2.14. The maximum atomic E-state index is 12.3. The second kappa shape index (κ2) is 5.58. The predicted molar refractivity (Wildman–Crippen MR) is 77.5 cm³/mol. The smallest absolute Gasteiger partial charge is 0.340 e. The first kappa shape index (κ1) is 15.1. The van der Waals surface area contributed by atoms with Crippen molar-refractivity contribution in [1.82, 2.24) is 4.37 Å².